The summed E-state index contributed by atoms with van der Waals surface area (Å²) in [7, 11) is 0. The van der Waals surface area contributed by atoms with Crippen LogP contribution in [0.1, 0.15) is 39.7 Å². The third-order valence-corrected chi connectivity index (χ3v) is 4.11. The van der Waals surface area contributed by atoms with Crippen LogP contribution in [0.3, 0.4) is 0 Å². The number of benzene rings is 1. The summed E-state index contributed by atoms with van der Waals surface area (Å²) in [5, 5.41) is 0.395. The van der Waals surface area contributed by atoms with Gasteiger partial charge in [-0.2, -0.15) is 0 Å². The minimum absolute atomic E-state index is 0.325. The Kier molecular flexibility index (Phi) is 4.13. The van der Waals surface area contributed by atoms with Crippen molar-refractivity contribution < 1.29 is 18.3 Å². The summed E-state index contributed by atoms with van der Waals surface area (Å²) < 4.78 is 39.4. The first-order valence-electron chi connectivity index (χ1n) is 6.55. The van der Waals surface area contributed by atoms with Crippen LogP contribution < -0.4 is 4.74 Å². The molecule has 5 heteroatoms. The van der Waals surface area contributed by atoms with Crippen molar-refractivity contribution in [2.45, 2.75) is 56.8 Å². The van der Waals surface area contributed by atoms with E-state index in [-0.39, 0.29) is 11.4 Å². The first kappa shape index (κ1) is 15.7. The van der Waals surface area contributed by atoms with Crippen LogP contribution in [0.25, 0.3) is 0 Å². The summed E-state index contributed by atoms with van der Waals surface area (Å²) in [6.45, 7) is 7.63. The smallest absolute Gasteiger partial charge is 0.191 e. The molecule has 0 saturated carbocycles. The van der Waals surface area contributed by atoms with E-state index < -0.39 is 23.3 Å². The molecule has 0 radical (unpaired) electrons. The fourth-order valence-electron chi connectivity index (χ4n) is 2.64. The standard InChI is InChI=1S/C15H19BrF2O2/c1-14(2)7-12(15(3,4)20-14)19-13-10(17)5-9(8-16)6-11(13)18/h5-6,12H,7-8H2,1-4H3. The van der Waals surface area contributed by atoms with Gasteiger partial charge in [0.05, 0.1) is 5.60 Å². The van der Waals surface area contributed by atoms with Crippen LogP contribution in [-0.2, 0) is 10.1 Å². The van der Waals surface area contributed by atoms with Crippen LogP contribution >= 0.6 is 15.9 Å². The van der Waals surface area contributed by atoms with Gasteiger partial charge in [0, 0.05) is 11.8 Å². The third-order valence-electron chi connectivity index (χ3n) is 3.46. The van der Waals surface area contributed by atoms with Gasteiger partial charge in [-0.05, 0) is 45.4 Å². The maximum Gasteiger partial charge on any atom is 0.191 e. The molecule has 1 saturated heterocycles. The van der Waals surface area contributed by atoms with Gasteiger partial charge in [-0.15, -0.1) is 0 Å². The largest absolute Gasteiger partial charge is 0.481 e. The third kappa shape index (κ3) is 3.14. The van der Waals surface area contributed by atoms with Gasteiger partial charge in [-0.25, -0.2) is 8.78 Å². The van der Waals surface area contributed by atoms with Crippen molar-refractivity contribution in [1.82, 2.24) is 0 Å². The van der Waals surface area contributed by atoms with E-state index in [2.05, 4.69) is 15.9 Å². The van der Waals surface area contributed by atoms with Crippen molar-refractivity contribution in [2.75, 3.05) is 0 Å². The molecule has 0 spiro atoms. The number of hydrogen-bond donors (Lipinski definition) is 0. The number of alkyl halides is 1. The quantitative estimate of drug-likeness (QED) is 0.744. The summed E-state index contributed by atoms with van der Waals surface area (Å²) in [5.74, 6) is -1.69. The fourth-order valence-corrected chi connectivity index (χ4v) is 2.96. The van der Waals surface area contributed by atoms with E-state index in [0.29, 0.717) is 17.3 Å². The predicted molar refractivity (Wildman–Crippen MR) is 77.3 cm³/mol. The topological polar surface area (TPSA) is 18.5 Å². The van der Waals surface area contributed by atoms with Crippen LogP contribution in [0, 0.1) is 11.6 Å². The van der Waals surface area contributed by atoms with E-state index in [1.807, 2.05) is 27.7 Å². The number of ether oxygens (including phenoxy) is 2. The maximum atomic E-state index is 14.0. The van der Waals surface area contributed by atoms with E-state index in [0.717, 1.165) is 0 Å². The van der Waals surface area contributed by atoms with E-state index in [9.17, 15) is 8.78 Å². The highest BCUT2D eigenvalue weighted by atomic mass is 79.9. The zero-order valence-electron chi connectivity index (χ0n) is 12.1. The molecule has 1 aliphatic rings. The molecule has 1 fully saturated rings. The van der Waals surface area contributed by atoms with Crippen LogP contribution in [0.15, 0.2) is 12.1 Å². The summed E-state index contributed by atoms with van der Waals surface area (Å²) in [4.78, 5) is 0. The highest BCUT2D eigenvalue weighted by Gasteiger charge is 2.48. The highest BCUT2D eigenvalue weighted by molar-refractivity contribution is 9.08. The molecule has 0 bridgehead atoms. The lowest BCUT2D eigenvalue weighted by atomic mass is 9.97. The zero-order valence-corrected chi connectivity index (χ0v) is 13.7. The van der Waals surface area contributed by atoms with Crippen molar-refractivity contribution in [3.63, 3.8) is 0 Å². The summed E-state index contributed by atoms with van der Waals surface area (Å²) in [6, 6.07) is 2.56. The van der Waals surface area contributed by atoms with E-state index in [4.69, 9.17) is 9.47 Å². The summed E-state index contributed by atoms with van der Waals surface area (Å²) >= 11 is 3.18. The Morgan fingerprint density at radius 3 is 2.20 bits per heavy atom. The molecule has 0 aliphatic carbocycles. The van der Waals surface area contributed by atoms with Crippen LogP contribution in [-0.4, -0.2) is 17.3 Å². The van der Waals surface area contributed by atoms with Crippen molar-refractivity contribution in [3.05, 3.63) is 29.3 Å². The molecular formula is C15H19BrF2O2. The first-order chi connectivity index (χ1) is 9.14. The Labute approximate surface area is 126 Å². The second kappa shape index (κ2) is 5.26. The molecule has 1 unspecified atom stereocenters. The van der Waals surface area contributed by atoms with Crippen molar-refractivity contribution in [1.29, 1.82) is 0 Å². The second-order valence-electron chi connectivity index (χ2n) is 6.30. The first-order valence-corrected chi connectivity index (χ1v) is 7.67. The molecule has 1 aliphatic heterocycles. The van der Waals surface area contributed by atoms with Crippen molar-refractivity contribution >= 4 is 15.9 Å². The Morgan fingerprint density at radius 1 is 1.25 bits per heavy atom. The lowest BCUT2D eigenvalue weighted by Gasteiger charge is -2.27. The highest BCUT2D eigenvalue weighted by Crippen LogP contribution is 2.40. The van der Waals surface area contributed by atoms with Crippen LogP contribution in [0.5, 0.6) is 5.75 Å². The molecule has 1 aromatic carbocycles. The maximum absolute atomic E-state index is 14.0. The van der Waals surface area contributed by atoms with Gasteiger partial charge in [-0.1, -0.05) is 15.9 Å². The van der Waals surface area contributed by atoms with Gasteiger partial charge in [-0.3, -0.25) is 0 Å². The number of hydrogen-bond acceptors (Lipinski definition) is 2. The van der Waals surface area contributed by atoms with E-state index in [1.54, 1.807) is 0 Å². The Balaban J connectivity index is 2.27. The Hall–Kier alpha value is -0.680. The summed E-state index contributed by atoms with van der Waals surface area (Å²) in [6.07, 6.45) is 0.190. The van der Waals surface area contributed by atoms with Crippen molar-refractivity contribution in [2.24, 2.45) is 0 Å². The second-order valence-corrected chi connectivity index (χ2v) is 6.86. The SMILES string of the molecule is CC1(C)CC(Oc2c(F)cc(CBr)cc2F)C(C)(C)O1. The molecule has 0 amide bonds. The Bertz CT molecular complexity index is 492. The number of rotatable bonds is 3. The molecular weight excluding hydrogens is 330 g/mol. The Morgan fingerprint density at radius 2 is 1.80 bits per heavy atom. The molecule has 0 aromatic heterocycles. The van der Waals surface area contributed by atoms with Crippen molar-refractivity contribution in [3.8, 4) is 5.75 Å². The predicted octanol–water partition coefficient (Wildman–Crippen LogP) is 4.58. The van der Waals surface area contributed by atoms with Crippen LogP contribution in [0.4, 0.5) is 8.78 Å². The molecule has 1 heterocycles. The van der Waals surface area contributed by atoms with E-state index in [1.165, 1.54) is 12.1 Å². The minimum atomic E-state index is -0.681. The fraction of sp³-hybridized carbons (Fsp3) is 0.600. The normalized spacial score (nSPS) is 23.9. The molecule has 20 heavy (non-hydrogen) atoms. The number of halogens is 3. The molecule has 112 valence electrons. The van der Waals surface area contributed by atoms with Gasteiger partial charge in [0.1, 0.15) is 11.7 Å². The lowest BCUT2D eigenvalue weighted by Crippen LogP contribution is -2.37. The lowest BCUT2D eigenvalue weighted by molar-refractivity contribution is -0.0852. The summed E-state index contributed by atoms with van der Waals surface area (Å²) in [5.41, 5.74) is -0.414. The van der Waals surface area contributed by atoms with Gasteiger partial charge < -0.3 is 9.47 Å². The zero-order chi connectivity index (χ0) is 15.1. The molecule has 1 aromatic rings. The minimum Gasteiger partial charge on any atom is -0.481 e. The van der Waals surface area contributed by atoms with Crippen LogP contribution in [0.2, 0.25) is 0 Å². The average Bonchev–Trinajstić information content (AvgIpc) is 2.51. The molecule has 2 nitrogen and oxygen atoms in total. The van der Waals surface area contributed by atoms with Gasteiger partial charge in [0.25, 0.3) is 0 Å². The molecule has 1 atom stereocenters. The van der Waals surface area contributed by atoms with Gasteiger partial charge >= 0.3 is 0 Å². The average molecular weight is 349 g/mol. The van der Waals surface area contributed by atoms with Gasteiger partial charge in [0.15, 0.2) is 17.4 Å². The monoisotopic (exact) mass is 348 g/mol. The van der Waals surface area contributed by atoms with Gasteiger partial charge in [0.2, 0.25) is 0 Å². The molecule has 2 rings (SSSR count). The molecule has 0 N–H and O–H groups in total. The van der Waals surface area contributed by atoms with E-state index >= 15 is 0 Å².